The summed E-state index contributed by atoms with van der Waals surface area (Å²) < 4.78 is 5.73. The number of carboxylic acid groups (broad SMARTS) is 1. The highest BCUT2D eigenvalue weighted by Crippen LogP contribution is 2.32. The van der Waals surface area contributed by atoms with E-state index in [1.807, 2.05) is 24.3 Å². The molecule has 2 aromatic carbocycles. The van der Waals surface area contributed by atoms with E-state index in [9.17, 15) is 4.79 Å². The molecule has 3 aromatic rings. The lowest BCUT2D eigenvalue weighted by Crippen LogP contribution is -2.12. The number of hydrogen-bond acceptors (Lipinski definition) is 5. The average molecular weight is 415 g/mol. The highest BCUT2D eigenvalue weighted by molar-refractivity contribution is 5.93. The van der Waals surface area contributed by atoms with Crippen LogP contribution >= 0.6 is 0 Å². The highest BCUT2D eigenvalue weighted by atomic mass is 16.5. The molecule has 0 aliphatic carbocycles. The van der Waals surface area contributed by atoms with Gasteiger partial charge in [0.25, 0.3) is 0 Å². The maximum absolute atomic E-state index is 10.5. The molecule has 0 saturated heterocycles. The van der Waals surface area contributed by atoms with Crippen molar-refractivity contribution in [2.45, 2.75) is 12.8 Å². The number of benzene rings is 2. The quantitative estimate of drug-likeness (QED) is 0.608. The molecular formula is C25H25N3O3. The van der Waals surface area contributed by atoms with E-state index in [4.69, 9.17) is 16.3 Å². The minimum absolute atomic E-state index is 0.238. The summed E-state index contributed by atoms with van der Waals surface area (Å²) in [7, 11) is 3.71. The summed E-state index contributed by atoms with van der Waals surface area (Å²) in [5.74, 6) is 2.70. The lowest BCUT2D eigenvalue weighted by molar-refractivity contribution is 0.0698. The fourth-order valence-corrected chi connectivity index (χ4v) is 3.25. The fraction of sp³-hybridized carbons (Fsp3) is 0.200. The van der Waals surface area contributed by atoms with Crippen molar-refractivity contribution in [3.05, 3.63) is 77.6 Å². The number of ether oxygens (including phenoxy) is 1. The number of nitrogens with zero attached hydrogens (tertiary/aromatic N) is 2. The molecule has 6 nitrogen and oxygen atoms in total. The molecule has 0 amide bonds. The topological polar surface area (TPSA) is 74.7 Å². The van der Waals surface area contributed by atoms with Gasteiger partial charge < -0.3 is 20.1 Å². The van der Waals surface area contributed by atoms with Crippen molar-refractivity contribution in [3.8, 4) is 18.1 Å². The lowest BCUT2D eigenvalue weighted by atomic mass is 10.1. The van der Waals surface area contributed by atoms with Crippen molar-refractivity contribution in [2.24, 2.45) is 0 Å². The summed E-state index contributed by atoms with van der Waals surface area (Å²) in [6, 6.07) is 15.9. The second-order valence-electron chi connectivity index (χ2n) is 6.97. The van der Waals surface area contributed by atoms with Crippen molar-refractivity contribution in [2.75, 3.05) is 30.9 Å². The van der Waals surface area contributed by atoms with Crippen LogP contribution in [0.2, 0.25) is 0 Å². The summed E-state index contributed by atoms with van der Waals surface area (Å²) in [5, 5.41) is 11.4. The number of hydrogen-bond donors (Lipinski definition) is 2. The van der Waals surface area contributed by atoms with Crippen LogP contribution in [0.1, 0.15) is 27.9 Å². The van der Waals surface area contributed by atoms with Gasteiger partial charge in [-0.25, -0.2) is 4.79 Å². The van der Waals surface area contributed by atoms with Crippen LogP contribution in [0.25, 0.3) is 0 Å². The Morgan fingerprint density at radius 2 is 1.94 bits per heavy atom. The molecule has 1 aliphatic heterocycles. The first kappa shape index (κ1) is 21.7. The maximum atomic E-state index is 10.5. The monoisotopic (exact) mass is 415 g/mol. The maximum Gasteiger partial charge on any atom is 0.337 e. The predicted molar refractivity (Wildman–Crippen MR) is 123 cm³/mol. The number of pyridine rings is 1. The van der Waals surface area contributed by atoms with E-state index in [1.54, 1.807) is 7.05 Å². The number of carboxylic acids is 1. The van der Waals surface area contributed by atoms with Crippen LogP contribution in [0.4, 0.5) is 17.1 Å². The summed E-state index contributed by atoms with van der Waals surface area (Å²) in [5.41, 5.74) is 5.20. The van der Waals surface area contributed by atoms with Gasteiger partial charge in [-0.1, -0.05) is 12.0 Å². The summed E-state index contributed by atoms with van der Waals surface area (Å²) >= 11 is 0. The van der Waals surface area contributed by atoms with Crippen LogP contribution in [-0.4, -0.2) is 36.8 Å². The molecular weight excluding hydrogens is 390 g/mol. The van der Waals surface area contributed by atoms with Crippen LogP contribution in [0.5, 0.6) is 5.75 Å². The zero-order valence-corrected chi connectivity index (χ0v) is 17.6. The number of anilines is 3. The molecule has 6 heteroatoms. The second kappa shape index (κ2) is 10.2. The van der Waals surface area contributed by atoms with Gasteiger partial charge in [0, 0.05) is 43.3 Å². The van der Waals surface area contributed by atoms with Gasteiger partial charge in [0.15, 0.2) is 0 Å². The van der Waals surface area contributed by atoms with E-state index in [1.165, 1.54) is 24.0 Å². The van der Waals surface area contributed by atoms with Gasteiger partial charge in [-0.05, 0) is 54.8 Å². The van der Waals surface area contributed by atoms with Gasteiger partial charge in [-0.2, -0.15) is 0 Å². The molecule has 1 aliphatic rings. The number of aryl methyl sites for hydroxylation is 1. The zero-order valence-electron chi connectivity index (χ0n) is 17.6. The van der Waals surface area contributed by atoms with Gasteiger partial charge in [0.2, 0.25) is 0 Å². The largest absolute Gasteiger partial charge is 0.493 e. The Balaban J connectivity index is 0.000000210. The van der Waals surface area contributed by atoms with Crippen molar-refractivity contribution in [1.29, 1.82) is 0 Å². The van der Waals surface area contributed by atoms with Gasteiger partial charge >= 0.3 is 5.97 Å². The van der Waals surface area contributed by atoms with Crippen LogP contribution < -0.4 is 15.0 Å². The normalized spacial score (nSPS) is 11.6. The molecule has 158 valence electrons. The van der Waals surface area contributed by atoms with E-state index in [-0.39, 0.29) is 5.56 Å². The lowest BCUT2D eigenvalue weighted by Gasteiger charge is -2.23. The predicted octanol–water partition coefficient (Wildman–Crippen LogP) is 4.58. The average Bonchev–Trinajstić information content (AvgIpc) is 2.83. The molecule has 0 saturated carbocycles. The van der Waals surface area contributed by atoms with E-state index < -0.39 is 5.97 Å². The first-order chi connectivity index (χ1) is 15.0. The standard InChI is InChI=1S/C18H17NO.C7H8N2O2/c1-3-14-6-9-16(10-7-14)19(2)17-11-8-15-5-4-12-20-18(15)13-17;1-8-6-4-9-3-2-5(6)7(10)11/h1,6-11,13H,4-5,12H2,2H3;2-4,8H,1H3,(H,10,11). The van der Waals surface area contributed by atoms with Crippen molar-refractivity contribution in [1.82, 2.24) is 4.98 Å². The molecule has 0 fully saturated rings. The molecule has 0 bridgehead atoms. The minimum atomic E-state index is -0.947. The highest BCUT2D eigenvalue weighted by Gasteiger charge is 2.13. The number of aromatic nitrogens is 1. The number of rotatable bonds is 4. The number of nitrogens with one attached hydrogen (secondary N) is 1. The van der Waals surface area contributed by atoms with Crippen molar-refractivity contribution < 1.29 is 14.6 Å². The first-order valence-electron chi connectivity index (χ1n) is 9.94. The summed E-state index contributed by atoms with van der Waals surface area (Å²) in [6.45, 7) is 0.817. The van der Waals surface area contributed by atoms with E-state index in [2.05, 4.69) is 46.4 Å². The van der Waals surface area contributed by atoms with E-state index in [0.29, 0.717) is 5.69 Å². The Morgan fingerprint density at radius 3 is 2.58 bits per heavy atom. The Labute approximate surface area is 182 Å². The number of carbonyl (C=O) groups is 1. The van der Waals surface area contributed by atoms with Crippen LogP contribution in [0, 0.1) is 12.3 Å². The summed E-state index contributed by atoms with van der Waals surface area (Å²) in [4.78, 5) is 16.4. The Hall–Kier alpha value is -3.98. The Bertz CT molecular complexity index is 1090. The smallest absolute Gasteiger partial charge is 0.337 e. The number of fused-ring (bicyclic) bond motifs is 1. The van der Waals surface area contributed by atoms with E-state index >= 15 is 0 Å². The van der Waals surface area contributed by atoms with Crippen molar-refractivity contribution >= 4 is 23.0 Å². The molecule has 1 aromatic heterocycles. The van der Waals surface area contributed by atoms with Gasteiger partial charge in [-0.15, -0.1) is 6.42 Å². The molecule has 0 unspecified atom stereocenters. The Kier molecular flexibility index (Phi) is 7.13. The zero-order chi connectivity index (χ0) is 22.2. The second-order valence-corrected chi connectivity index (χ2v) is 6.97. The number of terminal acetylenes is 1. The third-order valence-electron chi connectivity index (χ3n) is 5.03. The molecule has 2 heterocycles. The molecule has 31 heavy (non-hydrogen) atoms. The molecule has 0 atom stereocenters. The van der Waals surface area contributed by atoms with Gasteiger partial charge in [-0.3, -0.25) is 4.98 Å². The Morgan fingerprint density at radius 1 is 1.19 bits per heavy atom. The molecule has 0 spiro atoms. The van der Waals surface area contributed by atoms with Gasteiger partial charge in [0.05, 0.1) is 24.1 Å². The summed E-state index contributed by atoms with van der Waals surface area (Å²) in [6.07, 6.45) is 10.5. The first-order valence-corrected chi connectivity index (χ1v) is 9.94. The molecule has 0 radical (unpaired) electrons. The van der Waals surface area contributed by atoms with Crippen molar-refractivity contribution in [3.63, 3.8) is 0 Å². The molecule has 4 rings (SSSR count). The molecule has 2 N–H and O–H groups in total. The van der Waals surface area contributed by atoms with Crippen LogP contribution in [-0.2, 0) is 6.42 Å². The SMILES string of the molecule is C#Cc1ccc(N(C)c2ccc3c(c2)OCCC3)cc1.CNc1cnccc1C(=O)O. The van der Waals surface area contributed by atoms with Crippen LogP contribution in [0.3, 0.4) is 0 Å². The third kappa shape index (κ3) is 5.34. The van der Waals surface area contributed by atoms with Crippen LogP contribution in [0.15, 0.2) is 60.9 Å². The third-order valence-corrected chi connectivity index (χ3v) is 5.03. The van der Waals surface area contributed by atoms with Gasteiger partial charge in [0.1, 0.15) is 5.75 Å². The number of aromatic carboxylic acids is 1. The van der Waals surface area contributed by atoms with E-state index in [0.717, 1.165) is 42.1 Å². The fourth-order valence-electron chi connectivity index (χ4n) is 3.25. The minimum Gasteiger partial charge on any atom is -0.493 e.